The predicted octanol–water partition coefficient (Wildman–Crippen LogP) is 7.43. The molecule has 0 aromatic rings. The van der Waals surface area contributed by atoms with Crippen LogP contribution in [0.3, 0.4) is 0 Å². The van der Waals surface area contributed by atoms with Gasteiger partial charge >= 0.3 is 0 Å². The minimum Gasteiger partial charge on any atom is -0.0651 e. The van der Waals surface area contributed by atoms with E-state index in [1.807, 2.05) is 0 Å². The molecule has 1 saturated carbocycles. The van der Waals surface area contributed by atoms with Gasteiger partial charge in [0, 0.05) is 0 Å². The van der Waals surface area contributed by atoms with Gasteiger partial charge in [-0.2, -0.15) is 0 Å². The molecule has 0 spiro atoms. The quantitative estimate of drug-likeness (QED) is 0.393. The first-order valence-corrected chi connectivity index (χ1v) is 10.1. The molecule has 0 bridgehead atoms. The Bertz CT molecular complexity index is 310. The van der Waals surface area contributed by atoms with Crippen LogP contribution in [0, 0.1) is 46.8 Å². The summed E-state index contributed by atoms with van der Waals surface area (Å²) in [5.41, 5.74) is 0.628. The lowest BCUT2D eigenvalue weighted by Gasteiger charge is -2.30. The van der Waals surface area contributed by atoms with Crippen molar-refractivity contribution in [2.45, 2.75) is 94.4 Å². The van der Waals surface area contributed by atoms with Gasteiger partial charge in [0.2, 0.25) is 0 Å². The number of rotatable bonds is 10. The molecular formula is C22H44. The van der Waals surface area contributed by atoms with Crippen LogP contribution in [-0.4, -0.2) is 0 Å². The van der Waals surface area contributed by atoms with Gasteiger partial charge in [-0.25, -0.2) is 0 Å². The molecule has 0 nitrogen and oxygen atoms in total. The smallest absolute Gasteiger partial charge is 0.0320 e. The molecule has 0 N–H and O–H groups in total. The number of hydrogen-bond donors (Lipinski definition) is 0. The summed E-state index contributed by atoms with van der Waals surface area (Å²) in [6.07, 6.45) is 7.16. The molecule has 0 heteroatoms. The van der Waals surface area contributed by atoms with Crippen LogP contribution in [0.4, 0.5) is 0 Å². The second-order valence-corrected chi connectivity index (χ2v) is 9.79. The molecule has 132 valence electrons. The van der Waals surface area contributed by atoms with Crippen LogP contribution in [0.15, 0.2) is 0 Å². The van der Waals surface area contributed by atoms with Crippen LogP contribution < -0.4 is 0 Å². The molecule has 5 unspecified atom stereocenters. The Labute approximate surface area is 141 Å². The summed E-state index contributed by atoms with van der Waals surface area (Å²) >= 11 is 0. The van der Waals surface area contributed by atoms with Gasteiger partial charge in [0.1, 0.15) is 0 Å². The average Bonchev–Trinajstić information content (AvgIpc) is 3.02. The largest absolute Gasteiger partial charge is 0.0651 e. The Morgan fingerprint density at radius 2 is 1.45 bits per heavy atom. The first-order chi connectivity index (χ1) is 10.1. The summed E-state index contributed by atoms with van der Waals surface area (Å²) in [4.78, 5) is 0. The minimum absolute atomic E-state index is 0.628. The Balaban J connectivity index is 2.51. The second-order valence-electron chi connectivity index (χ2n) is 9.79. The van der Waals surface area contributed by atoms with Crippen molar-refractivity contribution in [2.24, 2.45) is 46.8 Å². The second kappa shape index (κ2) is 8.20. The van der Waals surface area contributed by atoms with Gasteiger partial charge in [0.25, 0.3) is 0 Å². The highest BCUT2D eigenvalue weighted by Gasteiger charge is 2.51. The maximum Gasteiger partial charge on any atom is -0.0320 e. The molecule has 1 aliphatic carbocycles. The highest BCUT2D eigenvalue weighted by Crippen LogP contribution is 2.59. The molecule has 22 heavy (non-hydrogen) atoms. The zero-order valence-corrected chi connectivity index (χ0v) is 17.1. The van der Waals surface area contributed by atoms with E-state index < -0.39 is 0 Å². The normalized spacial score (nSPS) is 26.0. The van der Waals surface area contributed by atoms with E-state index >= 15 is 0 Å². The fourth-order valence-corrected chi connectivity index (χ4v) is 4.98. The van der Waals surface area contributed by atoms with Crippen LogP contribution in [0.1, 0.15) is 94.4 Å². The minimum atomic E-state index is 0.628. The summed E-state index contributed by atoms with van der Waals surface area (Å²) in [6, 6.07) is 0. The molecule has 0 radical (unpaired) electrons. The van der Waals surface area contributed by atoms with E-state index in [4.69, 9.17) is 0 Å². The van der Waals surface area contributed by atoms with Crippen LogP contribution in [0.5, 0.6) is 0 Å². The van der Waals surface area contributed by atoms with Crippen molar-refractivity contribution in [3.63, 3.8) is 0 Å². The van der Waals surface area contributed by atoms with Gasteiger partial charge in [-0.05, 0) is 59.7 Å². The molecule has 0 aliphatic heterocycles. The standard InChI is InChI=1S/C22H44/c1-10-19(16(4)5)17(6)12-11-13-20(18(7)15(2)3)21-14-22(21,8)9/h15-21H,10-14H2,1-9H3. The van der Waals surface area contributed by atoms with Gasteiger partial charge in [-0.3, -0.25) is 0 Å². The predicted molar refractivity (Wildman–Crippen MR) is 101 cm³/mol. The van der Waals surface area contributed by atoms with Gasteiger partial charge in [0.15, 0.2) is 0 Å². The van der Waals surface area contributed by atoms with Crippen LogP contribution in [0.25, 0.3) is 0 Å². The maximum atomic E-state index is 2.51. The molecule has 5 atom stereocenters. The van der Waals surface area contributed by atoms with E-state index in [9.17, 15) is 0 Å². The highest BCUT2D eigenvalue weighted by molar-refractivity contribution is 5.00. The zero-order valence-electron chi connectivity index (χ0n) is 17.1. The van der Waals surface area contributed by atoms with Crippen LogP contribution >= 0.6 is 0 Å². The summed E-state index contributed by atoms with van der Waals surface area (Å²) in [5.74, 6) is 6.32. The van der Waals surface area contributed by atoms with E-state index in [-0.39, 0.29) is 0 Å². The lowest BCUT2D eigenvalue weighted by atomic mass is 9.75. The van der Waals surface area contributed by atoms with Gasteiger partial charge in [-0.15, -0.1) is 0 Å². The number of hydrogen-bond acceptors (Lipinski definition) is 0. The maximum absolute atomic E-state index is 2.51. The van der Waals surface area contributed by atoms with E-state index in [0.29, 0.717) is 5.41 Å². The SMILES string of the molecule is CCC(C(C)C)C(C)CCCC(C(C)C(C)C)C1CC1(C)C. The molecular weight excluding hydrogens is 264 g/mol. The lowest BCUT2D eigenvalue weighted by molar-refractivity contribution is 0.193. The Hall–Kier alpha value is 0. The molecule has 0 saturated heterocycles. The third-order valence-electron chi connectivity index (χ3n) is 7.09. The monoisotopic (exact) mass is 308 g/mol. The summed E-state index contributed by atoms with van der Waals surface area (Å²) in [5, 5.41) is 0. The Morgan fingerprint density at radius 3 is 1.82 bits per heavy atom. The highest BCUT2D eigenvalue weighted by atomic mass is 14.6. The average molecular weight is 309 g/mol. The molecule has 0 heterocycles. The fraction of sp³-hybridized carbons (Fsp3) is 1.00. The van der Waals surface area contributed by atoms with E-state index in [0.717, 1.165) is 41.4 Å². The lowest BCUT2D eigenvalue weighted by Crippen LogP contribution is -2.22. The third-order valence-corrected chi connectivity index (χ3v) is 7.09. The van der Waals surface area contributed by atoms with Crippen molar-refractivity contribution < 1.29 is 0 Å². The molecule has 0 aromatic heterocycles. The molecule has 0 amide bonds. The first-order valence-electron chi connectivity index (χ1n) is 10.1. The van der Waals surface area contributed by atoms with Crippen molar-refractivity contribution in [1.82, 2.24) is 0 Å². The Kier molecular flexibility index (Phi) is 7.47. The summed E-state index contributed by atoms with van der Waals surface area (Å²) in [7, 11) is 0. The summed E-state index contributed by atoms with van der Waals surface area (Å²) < 4.78 is 0. The topological polar surface area (TPSA) is 0 Å². The first kappa shape index (κ1) is 20.0. The third kappa shape index (κ3) is 5.27. The van der Waals surface area contributed by atoms with E-state index in [2.05, 4.69) is 62.3 Å². The van der Waals surface area contributed by atoms with Gasteiger partial charge < -0.3 is 0 Å². The van der Waals surface area contributed by atoms with Crippen molar-refractivity contribution in [1.29, 1.82) is 0 Å². The molecule has 1 fully saturated rings. The van der Waals surface area contributed by atoms with Gasteiger partial charge in [0.05, 0.1) is 0 Å². The van der Waals surface area contributed by atoms with Crippen LogP contribution in [-0.2, 0) is 0 Å². The molecule has 0 aromatic carbocycles. The summed E-state index contributed by atoms with van der Waals surface area (Å²) in [6.45, 7) is 22.0. The van der Waals surface area contributed by atoms with E-state index in [1.54, 1.807) is 0 Å². The molecule has 1 aliphatic rings. The van der Waals surface area contributed by atoms with E-state index in [1.165, 1.54) is 32.1 Å². The zero-order chi connectivity index (χ0) is 17.1. The van der Waals surface area contributed by atoms with Crippen molar-refractivity contribution >= 4 is 0 Å². The fourth-order valence-electron chi connectivity index (χ4n) is 4.98. The van der Waals surface area contributed by atoms with Crippen molar-refractivity contribution in [3.8, 4) is 0 Å². The van der Waals surface area contributed by atoms with Crippen molar-refractivity contribution in [2.75, 3.05) is 0 Å². The Morgan fingerprint density at radius 1 is 0.909 bits per heavy atom. The van der Waals surface area contributed by atoms with Crippen LogP contribution in [0.2, 0.25) is 0 Å². The molecule has 1 rings (SSSR count). The van der Waals surface area contributed by atoms with Gasteiger partial charge in [-0.1, -0.05) is 81.6 Å². The van der Waals surface area contributed by atoms with Crippen molar-refractivity contribution in [3.05, 3.63) is 0 Å².